The summed E-state index contributed by atoms with van der Waals surface area (Å²) in [5, 5.41) is 2.88. The first kappa shape index (κ1) is 19.9. The molecule has 3 amide bonds. The molecule has 0 saturated carbocycles. The third kappa shape index (κ3) is 4.20. The van der Waals surface area contributed by atoms with Gasteiger partial charge in [0.05, 0.1) is 11.4 Å². The maximum Gasteiger partial charge on any atom is 0.253 e. The van der Waals surface area contributed by atoms with Gasteiger partial charge in [-0.15, -0.1) is 11.8 Å². The molecule has 0 radical (unpaired) electrons. The van der Waals surface area contributed by atoms with Crippen LogP contribution in [-0.4, -0.2) is 49.0 Å². The number of carbonyl (C=O) groups excluding carboxylic acids is 3. The lowest BCUT2D eigenvalue weighted by molar-refractivity contribution is -0.120. The number of rotatable bonds is 4. The Morgan fingerprint density at radius 3 is 2.57 bits per heavy atom. The highest BCUT2D eigenvalue weighted by Crippen LogP contribution is 2.36. The highest BCUT2D eigenvalue weighted by atomic mass is 32.2. The van der Waals surface area contributed by atoms with Crippen LogP contribution < -0.4 is 10.2 Å². The zero-order valence-corrected chi connectivity index (χ0v) is 17.2. The van der Waals surface area contributed by atoms with Crippen LogP contribution in [0.3, 0.4) is 0 Å². The fraction of sp³-hybridized carbons (Fsp3) is 0.286. The molecular formula is C21H23N3O3S. The number of anilines is 2. The fourth-order valence-corrected chi connectivity index (χ4v) is 3.97. The van der Waals surface area contributed by atoms with Crippen LogP contribution >= 0.6 is 11.8 Å². The van der Waals surface area contributed by atoms with Crippen LogP contribution in [0.5, 0.6) is 0 Å². The van der Waals surface area contributed by atoms with Gasteiger partial charge in [0, 0.05) is 30.2 Å². The lowest BCUT2D eigenvalue weighted by atomic mass is 10.1. The van der Waals surface area contributed by atoms with Gasteiger partial charge in [-0.25, -0.2) is 0 Å². The number of hydrogen-bond donors (Lipinski definition) is 1. The van der Waals surface area contributed by atoms with Crippen molar-refractivity contribution in [2.75, 3.05) is 36.6 Å². The summed E-state index contributed by atoms with van der Waals surface area (Å²) in [6.07, 6.45) is 0. The molecule has 6 nitrogen and oxygen atoms in total. The molecule has 0 bridgehead atoms. The van der Waals surface area contributed by atoms with Gasteiger partial charge in [-0.05, 0) is 43.7 Å². The Kier molecular flexibility index (Phi) is 5.74. The molecule has 2 aromatic rings. The van der Waals surface area contributed by atoms with E-state index in [0.717, 1.165) is 21.7 Å². The van der Waals surface area contributed by atoms with E-state index in [4.69, 9.17) is 0 Å². The molecule has 1 aliphatic heterocycles. The predicted octanol–water partition coefficient (Wildman–Crippen LogP) is 3.08. The van der Waals surface area contributed by atoms with Crippen LogP contribution in [0.2, 0.25) is 0 Å². The number of nitrogens with one attached hydrogen (secondary N) is 1. The molecule has 146 valence electrons. The maximum atomic E-state index is 12.6. The summed E-state index contributed by atoms with van der Waals surface area (Å²) in [7, 11) is 3.35. The minimum atomic E-state index is -0.275. The van der Waals surface area contributed by atoms with Crippen LogP contribution in [0.25, 0.3) is 0 Å². The number of benzene rings is 2. The molecule has 0 spiro atoms. The first-order chi connectivity index (χ1) is 13.3. The number of amides is 3. The predicted molar refractivity (Wildman–Crippen MR) is 112 cm³/mol. The molecule has 0 fully saturated rings. The SMILES string of the molecule is Cc1ccc(NC(=O)CN2C(=O)CSc3ccc(C(=O)N(C)C)cc32)c(C)c1. The number of carbonyl (C=O) groups is 3. The van der Waals surface area contributed by atoms with Crippen molar-refractivity contribution >= 4 is 40.9 Å². The van der Waals surface area contributed by atoms with E-state index in [2.05, 4.69) is 5.32 Å². The molecule has 3 rings (SSSR count). The highest BCUT2D eigenvalue weighted by Gasteiger charge is 2.28. The summed E-state index contributed by atoms with van der Waals surface area (Å²) < 4.78 is 0. The minimum Gasteiger partial charge on any atom is -0.345 e. The Bertz CT molecular complexity index is 956. The molecule has 0 aliphatic carbocycles. The van der Waals surface area contributed by atoms with E-state index in [9.17, 15) is 14.4 Å². The highest BCUT2D eigenvalue weighted by molar-refractivity contribution is 8.00. The van der Waals surface area contributed by atoms with Gasteiger partial charge >= 0.3 is 0 Å². The lowest BCUT2D eigenvalue weighted by Gasteiger charge is -2.29. The van der Waals surface area contributed by atoms with Gasteiger partial charge in [0.2, 0.25) is 11.8 Å². The average molecular weight is 398 g/mol. The summed E-state index contributed by atoms with van der Waals surface area (Å²) in [4.78, 5) is 41.2. The minimum absolute atomic E-state index is 0.0979. The van der Waals surface area contributed by atoms with Crippen LogP contribution in [0.15, 0.2) is 41.3 Å². The van der Waals surface area contributed by atoms with Gasteiger partial charge in [0.25, 0.3) is 5.91 Å². The summed E-state index contributed by atoms with van der Waals surface area (Å²) in [5.74, 6) is -0.305. The maximum absolute atomic E-state index is 12.6. The molecule has 28 heavy (non-hydrogen) atoms. The second-order valence-corrected chi connectivity index (χ2v) is 8.03. The molecule has 0 saturated heterocycles. The molecular weight excluding hydrogens is 374 g/mol. The van der Waals surface area contributed by atoms with Crippen molar-refractivity contribution in [2.45, 2.75) is 18.7 Å². The van der Waals surface area contributed by atoms with Crippen LogP contribution in [0.4, 0.5) is 11.4 Å². The van der Waals surface area contributed by atoms with Gasteiger partial charge in [-0.3, -0.25) is 14.4 Å². The van der Waals surface area contributed by atoms with E-state index in [-0.39, 0.29) is 30.0 Å². The Morgan fingerprint density at radius 2 is 1.89 bits per heavy atom. The normalized spacial score (nSPS) is 13.1. The quantitative estimate of drug-likeness (QED) is 0.861. The first-order valence-corrected chi connectivity index (χ1v) is 9.91. The van der Waals surface area contributed by atoms with Crippen LogP contribution in [0.1, 0.15) is 21.5 Å². The van der Waals surface area contributed by atoms with Crippen molar-refractivity contribution in [2.24, 2.45) is 0 Å². The van der Waals surface area contributed by atoms with Crippen molar-refractivity contribution in [1.29, 1.82) is 0 Å². The standard InChI is InChI=1S/C21H23N3O3S/c1-13-5-7-16(14(2)9-13)22-19(25)11-24-17-10-15(21(27)23(3)4)6-8-18(17)28-12-20(24)26/h5-10H,11-12H2,1-4H3,(H,22,25). The molecule has 1 aliphatic rings. The van der Waals surface area contributed by atoms with Gasteiger partial charge in [0.15, 0.2) is 0 Å². The van der Waals surface area contributed by atoms with E-state index in [1.807, 2.05) is 38.1 Å². The van der Waals surface area contributed by atoms with Crippen LogP contribution in [0, 0.1) is 13.8 Å². The second-order valence-electron chi connectivity index (χ2n) is 7.02. The topological polar surface area (TPSA) is 69.7 Å². The number of aryl methyl sites for hydroxylation is 2. The Balaban J connectivity index is 1.84. The average Bonchev–Trinajstić information content (AvgIpc) is 2.65. The summed E-state index contributed by atoms with van der Waals surface area (Å²) in [6, 6.07) is 11.0. The van der Waals surface area contributed by atoms with Gasteiger partial charge in [0.1, 0.15) is 6.54 Å². The number of fused-ring (bicyclic) bond motifs is 1. The van der Waals surface area contributed by atoms with Gasteiger partial charge < -0.3 is 15.1 Å². The molecule has 7 heteroatoms. The molecule has 1 heterocycles. The lowest BCUT2D eigenvalue weighted by Crippen LogP contribution is -2.41. The number of thioether (sulfide) groups is 1. The first-order valence-electron chi connectivity index (χ1n) is 8.92. The van der Waals surface area contributed by atoms with Crippen molar-refractivity contribution in [1.82, 2.24) is 4.90 Å². The monoisotopic (exact) mass is 397 g/mol. The molecule has 0 aromatic heterocycles. The Morgan fingerprint density at radius 1 is 1.14 bits per heavy atom. The zero-order valence-electron chi connectivity index (χ0n) is 16.4. The number of nitrogens with zero attached hydrogens (tertiary/aromatic N) is 2. The van der Waals surface area contributed by atoms with E-state index >= 15 is 0 Å². The smallest absolute Gasteiger partial charge is 0.253 e. The Labute approximate surface area is 168 Å². The summed E-state index contributed by atoms with van der Waals surface area (Å²) >= 11 is 1.42. The molecule has 0 unspecified atom stereocenters. The van der Waals surface area contributed by atoms with E-state index < -0.39 is 0 Å². The Hall–Kier alpha value is -2.80. The zero-order chi connectivity index (χ0) is 20.4. The summed E-state index contributed by atoms with van der Waals surface area (Å²) in [5.41, 5.74) is 3.90. The fourth-order valence-electron chi connectivity index (χ4n) is 3.05. The van der Waals surface area contributed by atoms with Crippen molar-refractivity contribution in [3.05, 3.63) is 53.1 Å². The van der Waals surface area contributed by atoms with Gasteiger partial charge in [-0.2, -0.15) is 0 Å². The second kappa shape index (κ2) is 8.06. The van der Waals surface area contributed by atoms with Crippen molar-refractivity contribution in [3.63, 3.8) is 0 Å². The largest absolute Gasteiger partial charge is 0.345 e. The van der Waals surface area contributed by atoms with E-state index in [0.29, 0.717) is 11.3 Å². The molecule has 2 aromatic carbocycles. The molecule has 0 atom stereocenters. The third-order valence-corrected chi connectivity index (χ3v) is 5.56. The van der Waals surface area contributed by atoms with E-state index in [1.165, 1.54) is 21.6 Å². The molecule has 1 N–H and O–H groups in total. The van der Waals surface area contributed by atoms with Gasteiger partial charge in [-0.1, -0.05) is 17.7 Å². The number of hydrogen-bond acceptors (Lipinski definition) is 4. The van der Waals surface area contributed by atoms with Crippen LogP contribution in [-0.2, 0) is 9.59 Å². The van der Waals surface area contributed by atoms with E-state index in [1.54, 1.807) is 26.2 Å². The third-order valence-electron chi connectivity index (χ3n) is 4.51. The van der Waals surface area contributed by atoms with Crippen molar-refractivity contribution in [3.8, 4) is 0 Å². The summed E-state index contributed by atoms with van der Waals surface area (Å²) in [6.45, 7) is 3.82. The van der Waals surface area contributed by atoms with Crippen molar-refractivity contribution < 1.29 is 14.4 Å².